The molecule has 1 N–H and O–H groups in total. The van der Waals surface area contributed by atoms with Crippen molar-refractivity contribution in [3.05, 3.63) is 23.7 Å². The Morgan fingerprint density at radius 1 is 1.33 bits per heavy atom. The van der Waals surface area contributed by atoms with Gasteiger partial charge in [-0.25, -0.2) is 0 Å². The van der Waals surface area contributed by atoms with Gasteiger partial charge in [-0.3, -0.25) is 4.90 Å². The molecule has 0 bridgehead atoms. The van der Waals surface area contributed by atoms with Crippen molar-refractivity contribution in [3.63, 3.8) is 0 Å². The second-order valence-electron chi connectivity index (χ2n) is 6.70. The third-order valence-electron chi connectivity index (χ3n) is 3.93. The number of rotatable bonds is 8. The minimum absolute atomic E-state index is 0.682. The van der Waals surface area contributed by atoms with Crippen LogP contribution in [-0.2, 0) is 17.8 Å². The van der Waals surface area contributed by atoms with Gasteiger partial charge in [0.25, 0.3) is 0 Å². The molecule has 0 saturated carbocycles. The lowest BCUT2D eigenvalue weighted by molar-refractivity contribution is 0.0543. The quantitative estimate of drug-likeness (QED) is 0.800. The first kappa shape index (κ1) is 16.5. The van der Waals surface area contributed by atoms with E-state index in [2.05, 4.69) is 37.2 Å². The molecule has 1 aliphatic rings. The van der Waals surface area contributed by atoms with Gasteiger partial charge >= 0.3 is 0 Å². The Morgan fingerprint density at radius 2 is 2.10 bits per heavy atom. The second-order valence-corrected chi connectivity index (χ2v) is 6.70. The van der Waals surface area contributed by atoms with Crippen molar-refractivity contribution in [1.82, 2.24) is 10.2 Å². The van der Waals surface area contributed by atoms with Gasteiger partial charge in [-0.1, -0.05) is 13.8 Å². The lowest BCUT2D eigenvalue weighted by Gasteiger charge is -2.26. The molecular weight excluding hydrogens is 264 g/mol. The summed E-state index contributed by atoms with van der Waals surface area (Å²) in [5.41, 5.74) is 1.24. The lowest BCUT2D eigenvalue weighted by atomic mass is 10.00. The van der Waals surface area contributed by atoms with E-state index in [9.17, 15) is 0 Å². The molecule has 0 radical (unpaired) electrons. The zero-order valence-corrected chi connectivity index (χ0v) is 13.7. The van der Waals surface area contributed by atoms with Crippen molar-refractivity contribution in [2.24, 2.45) is 11.8 Å². The maximum atomic E-state index is 5.68. The van der Waals surface area contributed by atoms with E-state index >= 15 is 0 Å². The van der Waals surface area contributed by atoms with Gasteiger partial charge in [-0.2, -0.15) is 0 Å². The van der Waals surface area contributed by atoms with Crippen LogP contribution in [0.2, 0.25) is 0 Å². The summed E-state index contributed by atoms with van der Waals surface area (Å²) < 4.78 is 11.1. The Morgan fingerprint density at radius 3 is 2.81 bits per heavy atom. The van der Waals surface area contributed by atoms with E-state index in [0.29, 0.717) is 5.92 Å². The number of hydrogen-bond acceptors (Lipinski definition) is 4. The topological polar surface area (TPSA) is 37.6 Å². The summed E-state index contributed by atoms with van der Waals surface area (Å²) in [6, 6.07) is 2.17. The fourth-order valence-electron chi connectivity index (χ4n) is 2.81. The van der Waals surface area contributed by atoms with E-state index in [1.54, 1.807) is 0 Å². The first-order valence-electron chi connectivity index (χ1n) is 8.16. The van der Waals surface area contributed by atoms with E-state index < -0.39 is 0 Å². The van der Waals surface area contributed by atoms with E-state index in [4.69, 9.17) is 9.15 Å². The molecular formula is C17H30N2O2. The van der Waals surface area contributed by atoms with Gasteiger partial charge < -0.3 is 14.5 Å². The first-order valence-corrected chi connectivity index (χ1v) is 8.16. The Balaban J connectivity index is 1.70. The van der Waals surface area contributed by atoms with Gasteiger partial charge in [-0.15, -0.1) is 0 Å². The van der Waals surface area contributed by atoms with E-state index in [1.807, 2.05) is 6.26 Å². The molecule has 1 aromatic heterocycles. The van der Waals surface area contributed by atoms with Crippen LogP contribution in [0.4, 0.5) is 0 Å². The zero-order chi connectivity index (χ0) is 15.1. The molecule has 1 saturated heterocycles. The third-order valence-corrected chi connectivity index (χ3v) is 3.93. The summed E-state index contributed by atoms with van der Waals surface area (Å²) in [4.78, 5) is 2.36. The fourth-order valence-corrected chi connectivity index (χ4v) is 2.81. The molecule has 0 spiro atoms. The minimum atomic E-state index is 0.682. The van der Waals surface area contributed by atoms with Crippen molar-refractivity contribution >= 4 is 0 Å². The van der Waals surface area contributed by atoms with Gasteiger partial charge in [-0.05, 0) is 44.3 Å². The smallest absolute Gasteiger partial charge is 0.118 e. The average Bonchev–Trinajstić information content (AvgIpc) is 2.86. The summed E-state index contributed by atoms with van der Waals surface area (Å²) in [6.07, 6.45) is 4.25. The van der Waals surface area contributed by atoms with Gasteiger partial charge in [0, 0.05) is 31.9 Å². The predicted molar refractivity (Wildman–Crippen MR) is 85.1 cm³/mol. The highest BCUT2D eigenvalue weighted by Crippen LogP contribution is 2.17. The summed E-state index contributed by atoms with van der Waals surface area (Å²) in [5, 5.41) is 3.45. The first-order chi connectivity index (χ1) is 10.1. The molecule has 2 heterocycles. The highest BCUT2D eigenvalue weighted by molar-refractivity contribution is 5.12. The molecule has 0 atom stereocenters. The summed E-state index contributed by atoms with van der Waals surface area (Å²) in [6.45, 7) is 10.2. The molecule has 1 aliphatic heterocycles. The third kappa shape index (κ3) is 6.20. The van der Waals surface area contributed by atoms with Crippen molar-refractivity contribution in [2.45, 2.75) is 39.8 Å². The molecule has 120 valence electrons. The second kappa shape index (κ2) is 8.57. The predicted octanol–water partition coefficient (Wildman–Crippen LogP) is 2.88. The van der Waals surface area contributed by atoms with Crippen LogP contribution in [0.5, 0.6) is 0 Å². The van der Waals surface area contributed by atoms with Crippen LogP contribution < -0.4 is 5.32 Å². The lowest BCUT2D eigenvalue weighted by Crippen LogP contribution is -2.29. The van der Waals surface area contributed by atoms with Crippen molar-refractivity contribution in [1.29, 1.82) is 0 Å². The SMILES string of the molecule is CC(C)CNCc1coc(CN(C)CC2CCOCC2)c1. The molecule has 1 fully saturated rings. The number of nitrogens with one attached hydrogen (secondary N) is 1. The summed E-state index contributed by atoms with van der Waals surface area (Å²) in [7, 11) is 2.18. The Kier molecular flexibility index (Phi) is 6.74. The van der Waals surface area contributed by atoms with Crippen LogP contribution >= 0.6 is 0 Å². The Hall–Kier alpha value is -0.840. The normalized spacial score (nSPS) is 17.0. The molecule has 0 unspecified atom stereocenters. The standard InChI is InChI=1S/C17H30N2O2/c1-14(2)9-18-10-16-8-17(21-13-16)12-19(3)11-15-4-6-20-7-5-15/h8,13-15,18H,4-7,9-12H2,1-3H3. The van der Waals surface area contributed by atoms with Gasteiger partial charge in [0.05, 0.1) is 12.8 Å². The molecule has 1 aromatic rings. The fraction of sp³-hybridized carbons (Fsp3) is 0.765. The molecule has 21 heavy (non-hydrogen) atoms. The maximum Gasteiger partial charge on any atom is 0.118 e. The number of hydrogen-bond donors (Lipinski definition) is 1. The van der Waals surface area contributed by atoms with Gasteiger partial charge in [0.1, 0.15) is 5.76 Å². The van der Waals surface area contributed by atoms with Crippen LogP contribution in [0.3, 0.4) is 0 Å². The van der Waals surface area contributed by atoms with Crippen molar-refractivity contribution in [2.75, 3.05) is 33.4 Å². The van der Waals surface area contributed by atoms with Gasteiger partial charge in [0.2, 0.25) is 0 Å². The van der Waals surface area contributed by atoms with Crippen LogP contribution in [0.15, 0.2) is 16.7 Å². The zero-order valence-electron chi connectivity index (χ0n) is 13.7. The number of nitrogens with zero attached hydrogens (tertiary/aromatic N) is 1. The van der Waals surface area contributed by atoms with Crippen LogP contribution in [-0.4, -0.2) is 38.3 Å². The number of ether oxygens (including phenoxy) is 1. The molecule has 2 rings (SSSR count). The average molecular weight is 294 g/mol. The van der Waals surface area contributed by atoms with E-state index in [-0.39, 0.29) is 0 Å². The molecule has 0 aliphatic carbocycles. The molecule has 0 amide bonds. The highest BCUT2D eigenvalue weighted by Gasteiger charge is 2.16. The van der Waals surface area contributed by atoms with E-state index in [0.717, 1.165) is 51.1 Å². The van der Waals surface area contributed by atoms with E-state index in [1.165, 1.54) is 18.4 Å². The summed E-state index contributed by atoms with van der Waals surface area (Å²) >= 11 is 0. The van der Waals surface area contributed by atoms with Gasteiger partial charge in [0.15, 0.2) is 0 Å². The van der Waals surface area contributed by atoms with Crippen LogP contribution in [0.1, 0.15) is 38.0 Å². The van der Waals surface area contributed by atoms with Crippen molar-refractivity contribution < 1.29 is 9.15 Å². The van der Waals surface area contributed by atoms with Crippen molar-refractivity contribution in [3.8, 4) is 0 Å². The Bertz CT molecular complexity index is 397. The summed E-state index contributed by atoms with van der Waals surface area (Å²) in [5.74, 6) is 2.51. The minimum Gasteiger partial charge on any atom is -0.468 e. The molecule has 4 nitrogen and oxygen atoms in total. The Labute approximate surface area is 128 Å². The highest BCUT2D eigenvalue weighted by atomic mass is 16.5. The largest absolute Gasteiger partial charge is 0.468 e. The molecule has 4 heteroatoms. The van der Waals surface area contributed by atoms with Crippen LogP contribution in [0, 0.1) is 11.8 Å². The number of furan rings is 1. The van der Waals surface area contributed by atoms with Crippen LogP contribution in [0.25, 0.3) is 0 Å². The molecule has 0 aromatic carbocycles. The maximum absolute atomic E-state index is 5.68. The monoisotopic (exact) mass is 294 g/mol.